The van der Waals surface area contributed by atoms with E-state index >= 15 is 0 Å². The highest BCUT2D eigenvalue weighted by Gasteiger charge is 2.04. The van der Waals surface area contributed by atoms with Crippen LogP contribution in [-0.4, -0.2) is 27.4 Å². The van der Waals surface area contributed by atoms with E-state index in [1.54, 1.807) is 30.4 Å². The van der Waals surface area contributed by atoms with Crippen LogP contribution >= 0.6 is 11.8 Å². The normalized spacial score (nSPS) is 16.1. The molecule has 0 atom stereocenters. The maximum atomic E-state index is 4.36. The number of rotatable bonds is 2. The minimum absolute atomic E-state index is 0.708. The van der Waals surface area contributed by atoms with Gasteiger partial charge in [0.25, 0.3) is 0 Å². The first-order valence-electron chi connectivity index (χ1n) is 4.61. The van der Waals surface area contributed by atoms with E-state index in [9.17, 15) is 0 Å². The lowest BCUT2D eigenvalue weighted by Crippen LogP contribution is -2.23. The van der Waals surface area contributed by atoms with Crippen LogP contribution in [-0.2, 0) is 6.54 Å². The largest absolute Gasteiger partial charge is 0.359 e. The van der Waals surface area contributed by atoms with Crippen molar-refractivity contribution in [1.82, 2.24) is 15.3 Å². The van der Waals surface area contributed by atoms with E-state index < -0.39 is 0 Å². The molecule has 2 rings (SSSR count). The van der Waals surface area contributed by atoms with E-state index in [1.165, 1.54) is 6.42 Å². The van der Waals surface area contributed by atoms with Crippen LogP contribution in [0, 0.1) is 0 Å². The summed E-state index contributed by atoms with van der Waals surface area (Å²) in [6, 6.07) is 0. The number of nitrogens with one attached hydrogen (secondary N) is 1. The van der Waals surface area contributed by atoms with Crippen LogP contribution in [0.15, 0.2) is 23.6 Å². The Balaban J connectivity index is 1.85. The van der Waals surface area contributed by atoms with Crippen LogP contribution in [0.4, 0.5) is 0 Å². The molecule has 0 spiro atoms. The monoisotopic (exact) mass is 208 g/mol. The summed E-state index contributed by atoms with van der Waals surface area (Å²) in [4.78, 5) is 12.5. The first-order chi connectivity index (χ1) is 6.95. The second-order valence-corrected chi connectivity index (χ2v) is 4.02. The van der Waals surface area contributed by atoms with Crippen molar-refractivity contribution in [3.05, 3.63) is 24.3 Å². The fourth-order valence-corrected chi connectivity index (χ4v) is 1.98. The zero-order chi connectivity index (χ0) is 9.64. The number of aliphatic imine (C=N–C) groups is 1. The van der Waals surface area contributed by atoms with Crippen LogP contribution in [0.1, 0.15) is 12.1 Å². The van der Waals surface area contributed by atoms with Gasteiger partial charge in [0.2, 0.25) is 0 Å². The average Bonchev–Trinajstić information content (AvgIpc) is 2.29. The zero-order valence-corrected chi connectivity index (χ0v) is 8.63. The van der Waals surface area contributed by atoms with Gasteiger partial charge in [-0.05, 0) is 6.42 Å². The third-order valence-corrected chi connectivity index (χ3v) is 2.87. The van der Waals surface area contributed by atoms with Crippen molar-refractivity contribution in [3.8, 4) is 0 Å². The predicted octanol–water partition coefficient (Wildman–Crippen LogP) is 1.06. The second-order valence-electron chi connectivity index (χ2n) is 2.94. The number of hydrogen-bond donors (Lipinski definition) is 1. The molecule has 1 aliphatic rings. The Bertz CT molecular complexity index is 312. The molecule has 0 unspecified atom stereocenters. The third kappa shape index (κ3) is 2.70. The maximum Gasteiger partial charge on any atom is 0.156 e. The molecular formula is C9H12N4S. The maximum absolute atomic E-state index is 4.36. The van der Waals surface area contributed by atoms with Crippen LogP contribution in [0.5, 0.6) is 0 Å². The summed E-state index contributed by atoms with van der Waals surface area (Å²) < 4.78 is 0. The molecule has 14 heavy (non-hydrogen) atoms. The SMILES string of the molecule is c1cnc(CNC2=NCCCS2)cn1. The zero-order valence-electron chi connectivity index (χ0n) is 7.81. The van der Waals surface area contributed by atoms with Gasteiger partial charge in [0.15, 0.2) is 5.17 Å². The van der Waals surface area contributed by atoms with Gasteiger partial charge in [-0.2, -0.15) is 0 Å². The van der Waals surface area contributed by atoms with Gasteiger partial charge in [-0.3, -0.25) is 15.0 Å². The Morgan fingerprint density at radius 1 is 1.43 bits per heavy atom. The summed E-state index contributed by atoms with van der Waals surface area (Å²) >= 11 is 1.77. The number of hydrogen-bond acceptors (Lipinski definition) is 5. The molecule has 1 aromatic rings. The summed E-state index contributed by atoms with van der Waals surface area (Å²) in [5.41, 5.74) is 0.946. The van der Waals surface area contributed by atoms with Crippen LogP contribution in [0.2, 0.25) is 0 Å². The smallest absolute Gasteiger partial charge is 0.156 e. The van der Waals surface area contributed by atoms with Crippen molar-refractivity contribution in [2.75, 3.05) is 12.3 Å². The van der Waals surface area contributed by atoms with Gasteiger partial charge < -0.3 is 5.32 Å². The Morgan fingerprint density at radius 2 is 2.43 bits per heavy atom. The molecule has 0 aromatic carbocycles. The van der Waals surface area contributed by atoms with Crippen molar-refractivity contribution >= 4 is 16.9 Å². The first-order valence-corrected chi connectivity index (χ1v) is 5.60. The van der Waals surface area contributed by atoms with Crippen molar-refractivity contribution in [1.29, 1.82) is 0 Å². The summed E-state index contributed by atoms with van der Waals surface area (Å²) in [5.74, 6) is 1.16. The number of amidine groups is 1. The van der Waals surface area contributed by atoms with E-state index in [1.807, 2.05) is 0 Å². The molecule has 2 heterocycles. The van der Waals surface area contributed by atoms with E-state index in [0.29, 0.717) is 6.54 Å². The van der Waals surface area contributed by atoms with Crippen molar-refractivity contribution < 1.29 is 0 Å². The lowest BCUT2D eigenvalue weighted by Gasteiger charge is -2.12. The molecule has 1 N–H and O–H groups in total. The Labute approximate surface area is 87.3 Å². The average molecular weight is 208 g/mol. The minimum atomic E-state index is 0.708. The van der Waals surface area contributed by atoms with Gasteiger partial charge in [-0.1, -0.05) is 11.8 Å². The van der Waals surface area contributed by atoms with Gasteiger partial charge in [0, 0.05) is 24.7 Å². The van der Waals surface area contributed by atoms with E-state index in [2.05, 4.69) is 20.3 Å². The van der Waals surface area contributed by atoms with E-state index in [0.717, 1.165) is 23.2 Å². The molecular weight excluding hydrogens is 196 g/mol. The van der Waals surface area contributed by atoms with Gasteiger partial charge in [0.1, 0.15) is 0 Å². The molecule has 1 aliphatic heterocycles. The molecule has 0 aliphatic carbocycles. The Kier molecular flexibility index (Phi) is 3.34. The molecule has 0 bridgehead atoms. The van der Waals surface area contributed by atoms with Crippen molar-refractivity contribution in [2.24, 2.45) is 4.99 Å². The number of nitrogens with zero attached hydrogens (tertiary/aromatic N) is 3. The van der Waals surface area contributed by atoms with Crippen LogP contribution in [0.3, 0.4) is 0 Å². The summed E-state index contributed by atoms with van der Waals surface area (Å²) in [5, 5.41) is 4.28. The van der Waals surface area contributed by atoms with Gasteiger partial charge in [0.05, 0.1) is 18.4 Å². The van der Waals surface area contributed by atoms with Gasteiger partial charge in [-0.15, -0.1) is 0 Å². The lowest BCUT2D eigenvalue weighted by molar-refractivity contribution is 0.849. The van der Waals surface area contributed by atoms with Gasteiger partial charge in [-0.25, -0.2) is 0 Å². The Morgan fingerprint density at radius 3 is 3.14 bits per heavy atom. The van der Waals surface area contributed by atoms with Crippen LogP contribution < -0.4 is 5.32 Å². The Hall–Kier alpha value is -1.10. The third-order valence-electron chi connectivity index (χ3n) is 1.83. The summed E-state index contributed by atoms with van der Waals surface area (Å²) in [6.45, 7) is 1.65. The van der Waals surface area contributed by atoms with Crippen molar-refractivity contribution in [2.45, 2.75) is 13.0 Å². The quantitative estimate of drug-likeness (QED) is 0.789. The van der Waals surface area contributed by atoms with Crippen molar-refractivity contribution in [3.63, 3.8) is 0 Å². The fraction of sp³-hybridized carbons (Fsp3) is 0.444. The number of aromatic nitrogens is 2. The van der Waals surface area contributed by atoms with E-state index in [-0.39, 0.29) is 0 Å². The molecule has 4 nitrogen and oxygen atoms in total. The summed E-state index contributed by atoms with van der Waals surface area (Å²) in [6.07, 6.45) is 6.32. The molecule has 74 valence electrons. The minimum Gasteiger partial charge on any atom is -0.359 e. The fourth-order valence-electron chi connectivity index (χ4n) is 1.15. The highest BCUT2D eigenvalue weighted by Crippen LogP contribution is 2.10. The molecule has 1 aromatic heterocycles. The first kappa shape index (κ1) is 9.45. The highest BCUT2D eigenvalue weighted by molar-refractivity contribution is 8.13. The van der Waals surface area contributed by atoms with E-state index in [4.69, 9.17) is 0 Å². The lowest BCUT2D eigenvalue weighted by atomic mass is 10.4. The topological polar surface area (TPSA) is 50.2 Å². The van der Waals surface area contributed by atoms with Crippen LogP contribution in [0.25, 0.3) is 0 Å². The molecule has 5 heteroatoms. The molecule has 0 saturated carbocycles. The second kappa shape index (κ2) is 4.95. The summed E-state index contributed by atoms with van der Waals surface area (Å²) in [7, 11) is 0. The van der Waals surface area contributed by atoms with Gasteiger partial charge >= 0.3 is 0 Å². The predicted molar refractivity (Wildman–Crippen MR) is 58.2 cm³/mol. The molecule has 0 saturated heterocycles. The number of thioether (sulfide) groups is 1. The molecule has 0 fully saturated rings. The molecule has 0 amide bonds. The molecule has 0 radical (unpaired) electrons. The standard InChI is InChI=1S/C9H12N4S/c1-2-12-9(14-5-1)13-7-8-6-10-3-4-11-8/h3-4,6H,1-2,5,7H2,(H,12,13). The highest BCUT2D eigenvalue weighted by atomic mass is 32.2.